The number of ether oxygens (including phenoxy) is 2. The molecule has 1 aromatic rings. The highest BCUT2D eigenvalue weighted by Gasteiger charge is 2.21. The van der Waals surface area contributed by atoms with Crippen molar-refractivity contribution in [2.75, 3.05) is 20.4 Å². The van der Waals surface area contributed by atoms with Crippen LogP contribution in [0, 0.1) is 17.6 Å². The molecular formula is C13H17F2NO2. The van der Waals surface area contributed by atoms with E-state index in [0.717, 1.165) is 0 Å². The van der Waals surface area contributed by atoms with E-state index in [1.54, 1.807) is 7.05 Å². The van der Waals surface area contributed by atoms with Crippen molar-refractivity contribution in [3.05, 3.63) is 29.3 Å². The summed E-state index contributed by atoms with van der Waals surface area (Å²) < 4.78 is 37.3. The standard InChI is InChI=1S/C13H17F2NO2/c1-16-6-10-4-11(14)13(12(15)5-10)18-8-17-7-9-2-3-9/h4-5,9,16H,2-3,6-8H2,1H3. The summed E-state index contributed by atoms with van der Waals surface area (Å²) in [5, 5.41) is 2.83. The maximum atomic E-state index is 13.6. The van der Waals surface area contributed by atoms with Crippen LogP contribution in [0.1, 0.15) is 18.4 Å². The lowest BCUT2D eigenvalue weighted by molar-refractivity contribution is 0.00571. The molecule has 0 radical (unpaired) electrons. The van der Waals surface area contributed by atoms with Gasteiger partial charge in [0.05, 0.1) is 6.61 Å². The molecule has 1 fully saturated rings. The van der Waals surface area contributed by atoms with Crippen LogP contribution in [-0.2, 0) is 11.3 Å². The second-order valence-electron chi connectivity index (χ2n) is 4.50. The summed E-state index contributed by atoms with van der Waals surface area (Å²) in [6, 6.07) is 2.52. The van der Waals surface area contributed by atoms with Crippen molar-refractivity contribution in [3.8, 4) is 5.75 Å². The molecule has 3 nitrogen and oxygen atoms in total. The average molecular weight is 257 g/mol. The number of hydrogen-bond donors (Lipinski definition) is 1. The van der Waals surface area contributed by atoms with Crippen LogP contribution in [0.15, 0.2) is 12.1 Å². The Morgan fingerprint density at radius 3 is 2.50 bits per heavy atom. The Labute approximate surface area is 105 Å². The van der Waals surface area contributed by atoms with Gasteiger partial charge in [0.25, 0.3) is 0 Å². The maximum Gasteiger partial charge on any atom is 0.193 e. The summed E-state index contributed by atoms with van der Waals surface area (Å²) in [5.41, 5.74) is 0.541. The summed E-state index contributed by atoms with van der Waals surface area (Å²) in [5.74, 6) is -1.17. The van der Waals surface area contributed by atoms with Gasteiger partial charge in [0.1, 0.15) is 0 Å². The molecule has 100 valence electrons. The fraction of sp³-hybridized carbons (Fsp3) is 0.538. The molecule has 0 unspecified atom stereocenters. The van der Waals surface area contributed by atoms with Crippen molar-refractivity contribution in [2.24, 2.45) is 5.92 Å². The number of benzene rings is 1. The molecule has 0 heterocycles. The first-order chi connectivity index (χ1) is 8.70. The lowest BCUT2D eigenvalue weighted by Gasteiger charge is -2.10. The van der Waals surface area contributed by atoms with Gasteiger partial charge in [0.15, 0.2) is 24.2 Å². The third-order valence-electron chi connectivity index (χ3n) is 2.78. The van der Waals surface area contributed by atoms with Crippen molar-refractivity contribution in [1.29, 1.82) is 0 Å². The molecule has 0 saturated heterocycles. The number of halogens is 2. The fourth-order valence-corrected chi connectivity index (χ4v) is 1.66. The van der Waals surface area contributed by atoms with Gasteiger partial charge in [0, 0.05) is 6.54 Å². The molecule has 1 aromatic carbocycles. The zero-order chi connectivity index (χ0) is 13.0. The van der Waals surface area contributed by atoms with E-state index in [-0.39, 0.29) is 12.5 Å². The molecule has 1 N–H and O–H groups in total. The monoisotopic (exact) mass is 257 g/mol. The number of hydrogen-bond acceptors (Lipinski definition) is 3. The summed E-state index contributed by atoms with van der Waals surface area (Å²) in [4.78, 5) is 0. The van der Waals surface area contributed by atoms with Crippen LogP contribution in [0.25, 0.3) is 0 Å². The molecule has 1 aliphatic rings. The summed E-state index contributed by atoms with van der Waals surface area (Å²) in [6.07, 6.45) is 2.34. The van der Waals surface area contributed by atoms with Gasteiger partial charge in [-0.3, -0.25) is 0 Å². The Kier molecular flexibility index (Phi) is 4.49. The minimum atomic E-state index is -0.699. The Balaban J connectivity index is 1.89. The topological polar surface area (TPSA) is 30.5 Å². The van der Waals surface area contributed by atoms with Gasteiger partial charge in [-0.2, -0.15) is 0 Å². The Hall–Kier alpha value is -1.20. The zero-order valence-electron chi connectivity index (χ0n) is 10.3. The quantitative estimate of drug-likeness (QED) is 0.601. The van der Waals surface area contributed by atoms with E-state index in [4.69, 9.17) is 9.47 Å². The number of nitrogens with one attached hydrogen (secondary N) is 1. The van der Waals surface area contributed by atoms with E-state index in [0.29, 0.717) is 24.6 Å². The van der Waals surface area contributed by atoms with Crippen molar-refractivity contribution < 1.29 is 18.3 Å². The normalized spacial score (nSPS) is 14.8. The van der Waals surface area contributed by atoms with E-state index in [2.05, 4.69) is 5.32 Å². The van der Waals surface area contributed by atoms with Gasteiger partial charge < -0.3 is 14.8 Å². The van der Waals surface area contributed by atoms with Crippen LogP contribution in [0.5, 0.6) is 5.75 Å². The molecule has 0 aromatic heterocycles. The highest BCUT2D eigenvalue weighted by Crippen LogP contribution is 2.29. The molecule has 18 heavy (non-hydrogen) atoms. The van der Waals surface area contributed by atoms with Gasteiger partial charge in [0.2, 0.25) is 0 Å². The molecule has 0 spiro atoms. The molecule has 2 rings (SSSR count). The minimum absolute atomic E-state index is 0.115. The van der Waals surface area contributed by atoms with Crippen LogP contribution in [0.2, 0.25) is 0 Å². The van der Waals surface area contributed by atoms with E-state index in [1.807, 2.05) is 0 Å². The first kappa shape index (κ1) is 13.2. The van der Waals surface area contributed by atoms with E-state index in [9.17, 15) is 8.78 Å². The predicted molar refractivity (Wildman–Crippen MR) is 63.3 cm³/mol. The smallest absolute Gasteiger partial charge is 0.193 e. The van der Waals surface area contributed by atoms with Crippen LogP contribution in [0.3, 0.4) is 0 Å². The maximum absolute atomic E-state index is 13.6. The molecular weight excluding hydrogens is 240 g/mol. The zero-order valence-corrected chi connectivity index (χ0v) is 10.3. The van der Waals surface area contributed by atoms with Gasteiger partial charge in [-0.05, 0) is 43.5 Å². The summed E-state index contributed by atoms with van der Waals surface area (Å²) >= 11 is 0. The van der Waals surface area contributed by atoms with E-state index < -0.39 is 11.6 Å². The first-order valence-corrected chi connectivity index (χ1v) is 6.03. The predicted octanol–water partition coefficient (Wildman–Crippen LogP) is 2.45. The van der Waals surface area contributed by atoms with Gasteiger partial charge in [-0.1, -0.05) is 0 Å². The summed E-state index contributed by atoms with van der Waals surface area (Å²) in [7, 11) is 1.71. The van der Waals surface area contributed by atoms with Gasteiger partial charge in [-0.15, -0.1) is 0 Å². The second kappa shape index (κ2) is 6.11. The number of rotatable bonds is 7. The Bertz CT molecular complexity index is 385. The Morgan fingerprint density at radius 1 is 1.28 bits per heavy atom. The lowest BCUT2D eigenvalue weighted by atomic mass is 10.2. The average Bonchev–Trinajstić information content (AvgIpc) is 3.11. The van der Waals surface area contributed by atoms with Crippen molar-refractivity contribution in [2.45, 2.75) is 19.4 Å². The SMILES string of the molecule is CNCc1cc(F)c(OCOCC2CC2)c(F)c1. The van der Waals surface area contributed by atoms with Crippen LogP contribution in [0.4, 0.5) is 8.78 Å². The van der Waals surface area contributed by atoms with Crippen LogP contribution < -0.4 is 10.1 Å². The molecule has 5 heteroatoms. The molecule has 1 saturated carbocycles. The third-order valence-corrected chi connectivity index (χ3v) is 2.78. The molecule has 0 amide bonds. The van der Waals surface area contributed by atoms with Crippen molar-refractivity contribution in [3.63, 3.8) is 0 Å². The van der Waals surface area contributed by atoms with Crippen LogP contribution >= 0.6 is 0 Å². The van der Waals surface area contributed by atoms with Crippen molar-refractivity contribution >= 4 is 0 Å². The lowest BCUT2D eigenvalue weighted by Crippen LogP contribution is -2.09. The molecule has 0 atom stereocenters. The van der Waals surface area contributed by atoms with Crippen LogP contribution in [-0.4, -0.2) is 20.4 Å². The van der Waals surface area contributed by atoms with Crippen molar-refractivity contribution in [1.82, 2.24) is 5.32 Å². The second-order valence-corrected chi connectivity index (χ2v) is 4.50. The van der Waals surface area contributed by atoms with E-state index in [1.165, 1.54) is 25.0 Å². The Morgan fingerprint density at radius 2 is 1.94 bits per heavy atom. The first-order valence-electron chi connectivity index (χ1n) is 6.03. The van der Waals surface area contributed by atoms with Gasteiger partial charge in [-0.25, -0.2) is 8.78 Å². The highest BCUT2D eigenvalue weighted by atomic mass is 19.1. The fourth-order valence-electron chi connectivity index (χ4n) is 1.66. The molecule has 0 aliphatic heterocycles. The molecule has 1 aliphatic carbocycles. The third kappa shape index (κ3) is 3.65. The minimum Gasteiger partial charge on any atom is -0.461 e. The van der Waals surface area contributed by atoms with E-state index >= 15 is 0 Å². The van der Waals surface area contributed by atoms with Gasteiger partial charge >= 0.3 is 0 Å². The summed E-state index contributed by atoms with van der Waals surface area (Å²) in [6.45, 7) is 0.892. The molecule has 0 bridgehead atoms. The largest absolute Gasteiger partial charge is 0.461 e. The highest BCUT2D eigenvalue weighted by molar-refractivity contribution is 5.31.